The van der Waals surface area contributed by atoms with Crippen molar-refractivity contribution in [2.24, 2.45) is 5.73 Å². The van der Waals surface area contributed by atoms with E-state index in [1.54, 1.807) is 7.11 Å². The van der Waals surface area contributed by atoms with Crippen LogP contribution in [0.5, 0.6) is 5.75 Å². The van der Waals surface area contributed by atoms with E-state index in [1.807, 2.05) is 54.6 Å². The third kappa shape index (κ3) is 7.46. The van der Waals surface area contributed by atoms with Crippen molar-refractivity contribution >= 4 is 17.9 Å². The van der Waals surface area contributed by atoms with Crippen LogP contribution in [0.25, 0.3) is 0 Å². The summed E-state index contributed by atoms with van der Waals surface area (Å²) in [6, 6.07) is 14.8. The van der Waals surface area contributed by atoms with Crippen LogP contribution < -0.4 is 21.1 Å². The van der Waals surface area contributed by atoms with E-state index in [-0.39, 0.29) is 6.42 Å². The van der Waals surface area contributed by atoms with Crippen LogP contribution in [0.1, 0.15) is 18.1 Å². The first kappa shape index (κ1) is 22.7. The number of urea groups is 1. The average molecular weight is 413 g/mol. The van der Waals surface area contributed by atoms with Crippen molar-refractivity contribution in [1.29, 1.82) is 0 Å². The average Bonchev–Trinajstić information content (AvgIpc) is 2.74. The van der Waals surface area contributed by atoms with Gasteiger partial charge < -0.3 is 25.8 Å². The highest BCUT2D eigenvalue weighted by molar-refractivity contribution is 5.87. The molecule has 0 aliphatic carbocycles. The number of carbonyl (C=O) groups is 3. The third-order valence-corrected chi connectivity index (χ3v) is 4.42. The van der Waals surface area contributed by atoms with E-state index >= 15 is 0 Å². The Morgan fingerprint density at radius 2 is 1.67 bits per heavy atom. The summed E-state index contributed by atoms with van der Waals surface area (Å²) in [6.07, 6.45) is -0.189. The Balaban J connectivity index is 1.84. The number of esters is 1. The zero-order valence-electron chi connectivity index (χ0n) is 17.1. The molecule has 30 heavy (non-hydrogen) atoms. The van der Waals surface area contributed by atoms with E-state index in [2.05, 4.69) is 10.6 Å². The highest BCUT2D eigenvalue weighted by Gasteiger charge is 2.26. The molecule has 0 radical (unpaired) electrons. The molecule has 0 spiro atoms. The van der Waals surface area contributed by atoms with E-state index in [4.69, 9.17) is 15.2 Å². The molecule has 0 unspecified atom stereocenters. The van der Waals surface area contributed by atoms with Crippen LogP contribution in [0.3, 0.4) is 0 Å². The fourth-order valence-electron chi connectivity index (χ4n) is 2.79. The Morgan fingerprint density at radius 3 is 2.27 bits per heavy atom. The van der Waals surface area contributed by atoms with E-state index in [0.717, 1.165) is 16.9 Å². The molecule has 2 rings (SSSR count). The molecule has 0 fully saturated rings. The molecule has 2 atom stereocenters. The molecule has 8 nitrogen and oxygen atoms in total. The maximum Gasteiger partial charge on any atom is 0.329 e. The number of nitrogens with two attached hydrogens (primary N) is 1. The predicted octanol–water partition coefficient (Wildman–Crippen LogP) is 1.57. The number of rotatable bonds is 10. The summed E-state index contributed by atoms with van der Waals surface area (Å²) >= 11 is 0. The summed E-state index contributed by atoms with van der Waals surface area (Å²) in [4.78, 5) is 36.0. The summed E-state index contributed by atoms with van der Waals surface area (Å²) in [5.41, 5.74) is 7.03. The number of methoxy groups -OCH3 is 1. The van der Waals surface area contributed by atoms with Gasteiger partial charge in [-0.2, -0.15) is 0 Å². The topological polar surface area (TPSA) is 120 Å². The minimum absolute atomic E-state index is 0.203. The Labute approximate surface area is 175 Å². The maximum atomic E-state index is 12.5. The number of carbonyl (C=O) groups excluding carboxylic acids is 3. The molecule has 0 saturated carbocycles. The first-order valence-electron chi connectivity index (χ1n) is 9.60. The van der Waals surface area contributed by atoms with Crippen LogP contribution in [0.4, 0.5) is 4.79 Å². The number of ether oxygens (including phenoxy) is 2. The van der Waals surface area contributed by atoms with E-state index in [0.29, 0.717) is 13.0 Å². The molecule has 160 valence electrons. The highest BCUT2D eigenvalue weighted by Crippen LogP contribution is 2.11. The molecule has 0 aromatic heterocycles. The number of benzene rings is 2. The second-order valence-corrected chi connectivity index (χ2v) is 6.72. The molecule has 8 heteroatoms. The number of nitrogens with one attached hydrogen (secondary N) is 2. The lowest BCUT2D eigenvalue weighted by atomic mass is 10.1. The van der Waals surface area contributed by atoms with Crippen molar-refractivity contribution in [3.8, 4) is 5.75 Å². The first-order valence-corrected chi connectivity index (χ1v) is 9.60. The Hall–Kier alpha value is -3.55. The summed E-state index contributed by atoms with van der Waals surface area (Å²) in [6.45, 7) is 1.87. The van der Waals surface area contributed by atoms with Crippen LogP contribution in [0.15, 0.2) is 54.6 Å². The molecule has 3 amide bonds. The van der Waals surface area contributed by atoms with Gasteiger partial charge in [0.1, 0.15) is 11.8 Å². The lowest BCUT2D eigenvalue weighted by Crippen LogP contribution is -2.48. The van der Waals surface area contributed by atoms with Crippen molar-refractivity contribution in [2.75, 3.05) is 13.7 Å². The fraction of sp³-hybridized carbons (Fsp3) is 0.318. The minimum Gasteiger partial charge on any atom is -0.497 e. The molecule has 0 aliphatic rings. The Kier molecular flexibility index (Phi) is 8.68. The third-order valence-electron chi connectivity index (χ3n) is 4.42. The van der Waals surface area contributed by atoms with Crippen molar-refractivity contribution in [2.45, 2.75) is 31.9 Å². The molecule has 4 N–H and O–H groups in total. The van der Waals surface area contributed by atoms with Crippen molar-refractivity contribution < 1.29 is 23.9 Å². The maximum absolute atomic E-state index is 12.5. The first-order chi connectivity index (χ1) is 14.4. The molecule has 0 saturated heterocycles. The monoisotopic (exact) mass is 413 g/mol. The van der Waals surface area contributed by atoms with Gasteiger partial charge in [0.25, 0.3) is 5.91 Å². The van der Waals surface area contributed by atoms with Crippen LogP contribution >= 0.6 is 0 Å². The zero-order valence-corrected chi connectivity index (χ0v) is 17.1. The molecule has 0 aliphatic heterocycles. The van der Waals surface area contributed by atoms with E-state index in [9.17, 15) is 14.4 Å². The van der Waals surface area contributed by atoms with Crippen LogP contribution in [-0.2, 0) is 27.2 Å². The van der Waals surface area contributed by atoms with Crippen molar-refractivity contribution in [3.05, 3.63) is 65.7 Å². The highest BCUT2D eigenvalue weighted by atomic mass is 16.5. The van der Waals surface area contributed by atoms with Gasteiger partial charge in [0.15, 0.2) is 6.10 Å². The summed E-state index contributed by atoms with van der Waals surface area (Å²) in [7, 11) is 1.60. The molecule has 0 bridgehead atoms. The lowest BCUT2D eigenvalue weighted by molar-refractivity contribution is -0.156. The Morgan fingerprint density at radius 1 is 1.00 bits per heavy atom. The molecular formula is C22H27N3O5. The number of hydrogen-bond acceptors (Lipinski definition) is 5. The van der Waals surface area contributed by atoms with Gasteiger partial charge in [0.05, 0.1) is 7.11 Å². The van der Waals surface area contributed by atoms with E-state index in [1.165, 1.54) is 6.92 Å². The van der Waals surface area contributed by atoms with Gasteiger partial charge in [-0.15, -0.1) is 0 Å². The van der Waals surface area contributed by atoms with Gasteiger partial charge in [-0.05, 0) is 36.6 Å². The number of primary amides is 1. The Bertz CT molecular complexity index is 840. The number of hydrogen-bond donors (Lipinski definition) is 3. The van der Waals surface area contributed by atoms with Crippen LogP contribution in [0.2, 0.25) is 0 Å². The summed E-state index contributed by atoms with van der Waals surface area (Å²) in [5.74, 6) is -0.386. The van der Waals surface area contributed by atoms with Crippen LogP contribution in [0, 0.1) is 0 Å². The van der Waals surface area contributed by atoms with Gasteiger partial charge in [-0.3, -0.25) is 4.79 Å². The molecular weight excluding hydrogens is 386 g/mol. The van der Waals surface area contributed by atoms with Crippen molar-refractivity contribution in [1.82, 2.24) is 10.6 Å². The second-order valence-electron chi connectivity index (χ2n) is 6.72. The SMILES string of the molecule is COc1ccc(CCNC(=O)[C@@H](C)OC(=O)[C@H](Cc2ccccc2)NC(N)=O)cc1. The summed E-state index contributed by atoms with van der Waals surface area (Å²) < 4.78 is 10.4. The largest absolute Gasteiger partial charge is 0.497 e. The van der Waals surface area contributed by atoms with Gasteiger partial charge in [0, 0.05) is 13.0 Å². The molecule has 0 heterocycles. The smallest absolute Gasteiger partial charge is 0.329 e. The molecule has 2 aromatic rings. The van der Waals surface area contributed by atoms with Gasteiger partial charge in [-0.1, -0.05) is 42.5 Å². The quantitative estimate of drug-likeness (QED) is 0.511. The normalized spacial score (nSPS) is 12.3. The van der Waals surface area contributed by atoms with Gasteiger partial charge in [-0.25, -0.2) is 9.59 Å². The zero-order chi connectivity index (χ0) is 21.9. The summed E-state index contributed by atoms with van der Waals surface area (Å²) in [5, 5.41) is 5.10. The second kappa shape index (κ2) is 11.5. The number of amides is 3. The minimum atomic E-state index is -1.01. The van der Waals surface area contributed by atoms with E-state index < -0.39 is 30.1 Å². The predicted molar refractivity (Wildman–Crippen MR) is 112 cm³/mol. The van der Waals surface area contributed by atoms with Gasteiger partial charge >= 0.3 is 12.0 Å². The standard InChI is InChI=1S/C22H27N3O5/c1-15(20(26)24-13-12-16-8-10-18(29-2)11-9-16)30-21(27)19(25-22(23)28)14-17-6-4-3-5-7-17/h3-11,15,19H,12-14H2,1-2H3,(H,24,26)(H3,23,25,28)/t15-,19+/m1/s1. The lowest BCUT2D eigenvalue weighted by Gasteiger charge is -2.19. The van der Waals surface area contributed by atoms with Crippen molar-refractivity contribution in [3.63, 3.8) is 0 Å². The fourth-order valence-corrected chi connectivity index (χ4v) is 2.79. The molecule has 2 aromatic carbocycles. The van der Waals surface area contributed by atoms with Crippen LogP contribution in [-0.4, -0.2) is 43.7 Å². The van der Waals surface area contributed by atoms with Gasteiger partial charge in [0.2, 0.25) is 0 Å².